The van der Waals surface area contributed by atoms with Gasteiger partial charge in [-0.3, -0.25) is 0 Å². The molecule has 0 atom stereocenters. The molecule has 1 heterocycles. The van der Waals surface area contributed by atoms with E-state index in [0.29, 0.717) is 6.04 Å². The van der Waals surface area contributed by atoms with Crippen LogP contribution in [0.3, 0.4) is 0 Å². The van der Waals surface area contributed by atoms with Crippen LogP contribution in [0.4, 0.5) is 5.69 Å². The summed E-state index contributed by atoms with van der Waals surface area (Å²) >= 11 is 3.51. The average Bonchev–Trinajstić information content (AvgIpc) is 2.35. The van der Waals surface area contributed by atoms with Gasteiger partial charge in [-0.25, -0.2) is 0 Å². The van der Waals surface area contributed by atoms with E-state index < -0.39 is 0 Å². The van der Waals surface area contributed by atoms with Crippen LogP contribution in [0.15, 0.2) is 22.7 Å². The molecule has 0 aromatic heterocycles. The second-order valence-electron chi connectivity index (χ2n) is 5.22. The first-order chi connectivity index (χ1) is 8.69. The van der Waals surface area contributed by atoms with E-state index in [1.807, 2.05) is 0 Å². The number of benzene rings is 1. The number of hydrogen-bond acceptors (Lipinski definition) is 2. The highest BCUT2D eigenvalue weighted by Gasteiger charge is 2.18. The van der Waals surface area contributed by atoms with Crippen molar-refractivity contribution in [3.63, 3.8) is 0 Å². The normalized spacial score (nSPS) is 17.9. The first-order valence-corrected chi connectivity index (χ1v) is 7.73. The topological polar surface area (TPSA) is 15.3 Å². The van der Waals surface area contributed by atoms with E-state index in [2.05, 4.69) is 58.2 Å². The molecule has 3 heteroatoms. The van der Waals surface area contributed by atoms with E-state index in [1.165, 1.54) is 50.1 Å². The van der Waals surface area contributed by atoms with Gasteiger partial charge in [0.05, 0.1) is 0 Å². The van der Waals surface area contributed by atoms with Crippen LogP contribution in [0.1, 0.15) is 31.7 Å². The molecule has 100 valence electrons. The Bertz CT molecular complexity index is 384. The maximum absolute atomic E-state index is 3.69. The zero-order valence-electron chi connectivity index (χ0n) is 11.4. The molecule has 0 bridgehead atoms. The van der Waals surface area contributed by atoms with Gasteiger partial charge in [0.15, 0.2) is 0 Å². The predicted octanol–water partition coefficient (Wildman–Crippen LogP) is 4.04. The van der Waals surface area contributed by atoms with E-state index in [1.54, 1.807) is 0 Å². The zero-order chi connectivity index (χ0) is 13.0. The Morgan fingerprint density at radius 1 is 1.33 bits per heavy atom. The first-order valence-electron chi connectivity index (χ1n) is 6.94. The molecule has 1 aliphatic heterocycles. The van der Waals surface area contributed by atoms with Gasteiger partial charge in [-0.1, -0.05) is 22.9 Å². The van der Waals surface area contributed by atoms with Crippen molar-refractivity contribution in [3.8, 4) is 0 Å². The highest BCUT2D eigenvalue weighted by Crippen LogP contribution is 2.23. The third kappa shape index (κ3) is 3.72. The molecule has 0 amide bonds. The predicted molar refractivity (Wildman–Crippen MR) is 82.3 cm³/mol. The number of hydrogen-bond donors (Lipinski definition) is 1. The molecule has 0 saturated carbocycles. The number of piperidine rings is 1. The van der Waals surface area contributed by atoms with Crippen LogP contribution < -0.4 is 5.32 Å². The van der Waals surface area contributed by atoms with Gasteiger partial charge in [0, 0.05) is 29.3 Å². The second kappa shape index (κ2) is 6.58. The summed E-state index contributed by atoms with van der Waals surface area (Å²) in [6.07, 6.45) is 3.79. The molecule has 1 aliphatic rings. The molecule has 0 unspecified atom stereocenters. The van der Waals surface area contributed by atoms with Crippen LogP contribution in [0, 0.1) is 6.92 Å². The Balaban J connectivity index is 1.87. The van der Waals surface area contributed by atoms with Crippen molar-refractivity contribution < 1.29 is 0 Å². The van der Waals surface area contributed by atoms with Gasteiger partial charge in [0.1, 0.15) is 0 Å². The highest BCUT2D eigenvalue weighted by molar-refractivity contribution is 9.10. The number of anilines is 1. The molecule has 0 radical (unpaired) electrons. The number of rotatable bonds is 4. The number of halogens is 1. The summed E-state index contributed by atoms with van der Waals surface area (Å²) < 4.78 is 1.16. The van der Waals surface area contributed by atoms with Crippen molar-refractivity contribution >= 4 is 21.6 Å². The molecule has 18 heavy (non-hydrogen) atoms. The third-order valence-electron chi connectivity index (χ3n) is 3.68. The average molecular weight is 311 g/mol. The molecule has 1 saturated heterocycles. The van der Waals surface area contributed by atoms with Crippen molar-refractivity contribution in [3.05, 3.63) is 28.2 Å². The molecule has 1 N–H and O–H groups in total. The molecule has 0 spiro atoms. The van der Waals surface area contributed by atoms with E-state index in [-0.39, 0.29) is 0 Å². The molecule has 0 aliphatic carbocycles. The van der Waals surface area contributed by atoms with Gasteiger partial charge in [-0.05, 0) is 56.5 Å². The molecule has 1 aromatic rings. The molecule has 2 rings (SSSR count). The standard InChI is InChI=1S/C15H23BrN2/c1-3-8-18-9-6-14(7-10-18)17-15-5-4-13(16)11-12(15)2/h4-5,11,14,17H,3,6-10H2,1-2H3. The zero-order valence-corrected chi connectivity index (χ0v) is 13.0. The van der Waals surface area contributed by atoms with E-state index in [0.717, 1.165) is 4.47 Å². The number of nitrogens with zero attached hydrogens (tertiary/aromatic N) is 1. The number of aryl methyl sites for hydroxylation is 1. The van der Waals surface area contributed by atoms with Crippen molar-refractivity contribution in [2.75, 3.05) is 25.0 Å². The van der Waals surface area contributed by atoms with Crippen LogP contribution in [0.5, 0.6) is 0 Å². The first kappa shape index (κ1) is 13.9. The largest absolute Gasteiger partial charge is 0.382 e. The molecular formula is C15H23BrN2. The van der Waals surface area contributed by atoms with E-state index in [9.17, 15) is 0 Å². The lowest BCUT2D eigenvalue weighted by Crippen LogP contribution is -2.39. The molecular weight excluding hydrogens is 288 g/mol. The van der Waals surface area contributed by atoms with E-state index in [4.69, 9.17) is 0 Å². The molecule has 1 aromatic carbocycles. The molecule has 2 nitrogen and oxygen atoms in total. The van der Waals surface area contributed by atoms with Crippen LogP contribution in [-0.2, 0) is 0 Å². The Morgan fingerprint density at radius 3 is 2.67 bits per heavy atom. The van der Waals surface area contributed by atoms with Gasteiger partial charge < -0.3 is 10.2 Å². The van der Waals surface area contributed by atoms with Crippen molar-refractivity contribution in [2.45, 2.75) is 39.2 Å². The van der Waals surface area contributed by atoms with Crippen molar-refractivity contribution in [1.29, 1.82) is 0 Å². The lowest BCUT2D eigenvalue weighted by molar-refractivity contribution is 0.219. The Kier molecular flexibility index (Phi) is 5.07. The van der Waals surface area contributed by atoms with Crippen LogP contribution in [-0.4, -0.2) is 30.6 Å². The SMILES string of the molecule is CCCN1CCC(Nc2ccc(Br)cc2C)CC1. The summed E-state index contributed by atoms with van der Waals surface area (Å²) in [6, 6.07) is 7.10. The third-order valence-corrected chi connectivity index (χ3v) is 4.17. The number of likely N-dealkylation sites (tertiary alicyclic amines) is 1. The Morgan fingerprint density at radius 2 is 2.06 bits per heavy atom. The van der Waals surface area contributed by atoms with E-state index >= 15 is 0 Å². The monoisotopic (exact) mass is 310 g/mol. The Labute approximate surface area is 119 Å². The van der Waals surface area contributed by atoms with Gasteiger partial charge in [-0.2, -0.15) is 0 Å². The number of nitrogens with one attached hydrogen (secondary N) is 1. The fourth-order valence-electron chi connectivity index (χ4n) is 2.63. The molecule has 1 fully saturated rings. The summed E-state index contributed by atoms with van der Waals surface area (Å²) in [7, 11) is 0. The van der Waals surface area contributed by atoms with Gasteiger partial charge >= 0.3 is 0 Å². The van der Waals surface area contributed by atoms with Gasteiger partial charge in [0.25, 0.3) is 0 Å². The minimum Gasteiger partial charge on any atom is -0.382 e. The summed E-state index contributed by atoms with van der Waals surface area (Å²) in [5, 5.41) is 3.69. The summed E-state index contributed by atoms with van der Waals surface area (Å²) in [5.74, 6) is 0. The van der Waals surface area contributed by atoms with Crippen LogP contribution in [0.2, 0.25) is 0 Å². The van der Waals surface area contributed by atoms with Gasteiger partial charge in [0.2, 0.25) is 0 Å². The maximum atomic E-state index is 3.69. The van der Waals surface area contributed by atoms with Crippen LogP contribution in [0.25, 0.3) is 0 Å². The highest BCUT2D eigenvalue weighted by atomic mass is 79.9. The van der Waals surface area contributed by atoms with Crippen molar-refractivity contribution in [2.24, 2.45) is 0 Å². The minimum atomic E-state index is 0.637. The fourth-order valence-corrected chi connectivity index (χ4v) is 3.10. The lowest BCUT2D eigenvalue weighted by Gasteiger charge is -2.33. The fraction of sp³-hybridized carbons (Fsp3) is 0.600. The maximum Gasteiger partial charge on any atom is 0.0372 e. The smallest absolute Gasteiger partial charge is 0.0372 e. The quantitative estimate of drug-likeness (QED) is 0.902. The minimum absolute atomic E-state index is 0.637. The van der Waals surface area contributed by atoms with Gasteiger partial charge in [-0.15, -0.1) is 0 Å². The Hall–Kier alpha value is -0.540. The second-order valence-corrected chi connectivity index (χ2v) is 6.14. The summed E-state index contributed by atoms with van der Waals surface area (Å²) in [6.45, 7) is 8.15. The van der Waals surface area contributed by atoms with Crippen molar-refractivity contribution in [1.82, 2.24) is 4.90 Å². The summed E-state index contributed by atoms with van der Waals surface area (Å²) in [4.78, 5) is 2.58. The lowest BCUT2D eigenvalue weighted by atomic mass is 10.0. The summed E-state index contributed by atoms with van der Waals surface area (Å²) in [5.41, 5.74) is 2.60. The van der Waals surface area contributed by atoms with Crippen LogP contribution >= 0.6 is 15.9 Å².